The van der Waals surface area contributed by atoms with E-state index in [4.69, 9.17) is 4.74 Å². The van der Waals surface area contributed by atoms with Crippen LogP contribution in [0.1, 0.15) is 5.56 Å². The van der Waals surface area contributed by atoms with Crippen LogP contribution in [0.5, 0.6) is 0 Å². The second kappa shape index (κ2) is 8.64. The summed E-state index contributed by atoms with van der Waals surface area (Å²) in [4.78, 5) is 29.4. The Bertz CT molecular complexity index is 1030. The number of halogens is 1. The van der Waals surface area contributed by atoms with Gasteiger partial charge in [0.15, 0.2) is 5.16 Å². The van der Waals surface area contributed by atoms with Crippen molar-refractivity contribution in [3.05, 3.63) is 51.4 Å². The first-order chi connectivity index (χ1) is 13.0. The molecule has 0 atom stereocenters. The van der Waals surface area contributed by atoms with Gasteiger partial charge in [-0.15, -0.1) is 11.3 Å². The van der Waals surface area contributed by atoms with Gasteiger partial charge in [0.1, 0.15) is 10.5 Å². The Morgan fingerprint density at radius 3 is 2.96 bits per heavy atom. The fourth-order valence-electron chi connectivity index (χ4n) is 2.41. The molecule has 0 aliphatic carbocycles. The predicted octanol–water partition coefficient (Wildman–Crippen LogP) is 3.28. The number of amides is 1. The summed E-state index contributed by atoms with van der Waals surface area (Å²) in [6.07, 6.45) is 0. The molecule has 2 aromatic heterocycles. The molecule has 0 saturated carbocycles. The molecular formula is C18H18FN3O3S2. The van der Waals surface area contributed by atoms with Crippen molar-refractivity contribution in [2.24, 2.45) is 0 Å². The fourth-order valence-corrected chi connectivity index (χ4v) is 4.01. The van der Waals surface area contributed by atoms with Gasteiger partial charge in [0.05, 0.1) is 24.4 Å². The molecule has 9 heteroatoms. The summed E-state index contributed by atoms with van der Waals surface area (Å²) in [6.45, 7) is 2.37. The maximum absolute atomic E-state index is 13.6. The molecule has 27 heavy (non-hydrogen) atoms. The Labute approximate surface area is 163 Å². The average molecular weight is 407 g/mol. The van der Waals surface area contributed by atoms with E-state index in [2.05, 4.69) is 10.3 Å². The smallest absolute Gasteiger partial charge is 0.272 e. The standard InChI is InChI=1S/C18H18FN3O3S2/c1-11-3-4-12(9-13(11)19)20-15(23)10-27-18-21-14-5-8-26-16(14)17(24)22(18)6-7-25-2/h3-5,8-9H,6-7,10H2,1-2H3,(H,20,23). The number of aryl methyl sites for hydroxylation is 1. The summed E-state index contributed by atoms with van der Waals surface area (Å²) in [7, 11) is 1.56. The lowest BCUT2D eigenvalue weighted by atomic mass is 10.2. The van der Waals surface area contributed by atoms with Crippen molar-refractivity contribution < 1.29 is 13.9 Å². The van der Waals surface area contributed by atoms with E-state index in [1.165, 1.54) is 22.0 Å². The number of ether oxygens (including phenoxy) is 1. The third-order valence-corrected chi connectivity index (χ3v) is 5.71. The summed E-state index contributed by atoms with van der Waals surface area (Å²) < 4.78 is 20.8. The van der Waals surface area contributed by atoms with Gasteiger partial charge in [-0.3, -0.25) is 14.2 Å². The minimum Gasteiger partial charge on any atom is -0.383 e. The molecule has 0 unspecified atom stereocenters. The maximum atomic E-state index is 13.6. The Balaban J connectivity index is 1.76. The van der Waals surface area contributed by atoms with Crippen molar-refractivity contribution in [1.82, 2.24) is 9.55 Å². The van der Waals surface area contributed by atoms with Crippen molar-refractivity contribution in [2.45, 2.75) is 18.6 Å². The molecule has 0 aliphatic rings. The number of carbonyl (C=O) groups excluding carboxylic acids is 1. The molecule has 0 aliphatic heterocycles. The number of rotatable bonds is 7. The highest BCUT2D eigenvalue weighted by atomic mass is 32.2. The van der Waals surface area contributed by atoms with Gasteiger partial charge in [0, 0.05) is 12.8 Å². The second-order valence-corrected chi connectivity index (χ2v) is 7.64. The van der Waals surface area contributed by atoms with Crippen LogP contribution in [0.15, 0.2) is 39.6 Å². The van der Waals surface area contributed by atoms with E-state index >= 15 is 0 Å². The molecule has 2 heterocycles. The van der Waals surface area contributed by atoms with Gasteiger partial charge in [-0.05, 0) is 36.1 Å². The van der Waals surface area contributed by atoms with Crippen LogP contribution >= 0.6 is 23.1 Å². The van der Waals surface area contributed by atoms with E-state index in [9.17, 15) is 14.0 Å². The topological polar surface area (TPSA) is 73.2 Å². The maximum Gasteiger partial charge on any atom is 0.272 e. The first kappa shape index (κ1) is 19.5. The van der Waals surface area contributed by atoms with E-state index in [-0.39, 0.29) is 23.0 Å². The van der Waals surface area contributed by atoms with Gasteiger partial charge in [0.25, 0.3) is 5.56 Å². The van der Waals surface area contributed by atoms with Crippen LogP contribution in [0.3, 0.4) is 0 Å². The number of fused-ring (bicyclic) bond motifs is 1. The van der Waals surface area contributed by atoms with Crippen molar-refractivity contribution in [1.29, 1.82) is 0 Å². The Morgan fingerprint density at radius 2 is 2.22 bits per heavy atom. The largest absolute Gasteiger partial charge is 0.383 e. The highest BCUT2D eigenvalue weighted by molar-refractivity contribution is 7.99. The molecule has 1 N–H and O–H groups in total. The normalized spacial score (nSPS) is 11.1. The quantitative estimate of drug-likeness (QED) is 0.481. The van der Waals surface area contributed by atoms with Crippen LogP contribution in [0.25, 0.3) is 10.2 Å². The van der Waals surface area contributed by atoms with Crippen LogP contribution in [-0.2, 0) is 16.1 Å². The minimum absolute atomic E-state index is 0.0462. The molecule has 1 aromatic carbocycles. The summed E-state index contributed by atoms with van der Waals surface area (Å²) >= 11 is 2.50. The van der Waals surface area contributed by atoms with Crippen LogP contribution in [-0.4, -0.2) is 34.9 Å². The Morgan fingerprint density at radius 1 is 1.41 bits per heavy atom. The molecule has 142 valence electrons. The van der Waals surface area contributed by atoms with Crippen molar-refractivity contribution in [3.63, 3.8) is 0 Å². The third-order valence-electron chi connectivity index (χ3n) is 3.84. The van der Waals surface area contributed by atoms with E-state index in [1.807, 2.05) is 5.38 Å². The first-order valence-corrected chi connectivity index (χ1v) is 10.0. The third kappa shape index (κ3) is 4.55. The first-order valence-electron chi connectivity index (χ1n) is 8.15. The van der Waals surface area contributed by atoms with E-state index in [0.29, 0.717) is 39.8 Å². The van der Waals surface area contributed by atoms with Crippen molar-refractivity contribution in [3.8, 4) is 0 Å². The monoisotopic (exact) mass is 407 g/mol. The lowest BCUT2D eigenvalue weighted by Gasteiger charge is -2.11. The van der Waals surface area contributed by atoms with Crippen LogP contribution in [0.2, 0.25) is 0 Å². The number of carbonyl (C=O) groups is 1. The van der Waals surface area contributed by atoms with Gasteiger partial charge in [0.2, 0.25) is 5.91 Å². The number of thiophene rings is 1. The van der Waals surface area contributed by atoms with E-state index < -0.39 is 0 Å². The molecule has 0 fully saturated rings. The molecule has 6 nitrogen and oxygen atoms in total. The lowest BCUT2D eigenvalue weighted by molar-refractivity contribution is -0.113. The van der Waals surface area contributed by atoms with Crippen LogP contribution in [0.4, 0.5) is 10.1 Å². The SMILES string of the molecule is COCCn1c(SCC(=O)Nc2ccc(C)c(F)c2)nc2ccsc2c1=O. The lowest BCUT2D eigenvalue weighted by Crippen LogP contribution is -2.25. The van der Waals surface area contributed by atoms with Crippen LogP contribution in [0, 0.1) is 12.7 Å². The minimum atomic E-state index is -0.376. The number of benzene rings is 1. The predicted molar refractivity (Wildman–Crippen MR) is 106 cm³/mol. The molecule has 0 spiro atoms. The molecular weight excluding hydrogens is 389 g/mol. The summed E-state index contributed by atoms with van der Waals surface area (Å²) in [5.74, 6) is -0.635. The number of aromatic nitrogens is 2. The molecule has 0 saturated heterocycles. The van der Waals surface area contributed by atoms with Gasteiger partial charge < -0.3 is 10.1 Å². The van der Waals surface area contributed by atoms with Gasteiger partial charge in [-0.25, -0.2) is 9.37 Å². The number of thioether (sulfide) groups is 1. The number of hydrogen-bond acceptors (Lipinski definition) is 6. The van der Waals surface area contributed by atoms with Gasteiger partial charge >= 0.3 is 0 Å². The van der Waals surface area contributed by atoms with Crippen LogP contribution < -0.4 is 10.9 Å². The second-order valence-electron chi connectivity index (χ2n) is 5.78. The molecule has 0 radical (unpaired) electrons. The zero-order valence-corrected chi connectivity index (χ0v) is 16.5. The zero-order valence-electron chi connectivity index (χ0n) is 14.8. The number of methoxy groups -OCH3 is 1. The Hall–Kier alpha value is -2.23. The fraction of sp³-hybridized carbons (Fsp3) is 0.278. The summed E-state index contributed by atoms with van der Waals surface area (Å²) in [6, 6.07) is 6.31. The number of nitrogens with zero attached hydrogens (tertiary/aromatic N) is 2. The number of anilines is 1. The zero-order chi connectivity index (χ0) is 19.4. The highest BCUT2D eigenvalue weighted by Crippen LogP contribution is 2.21. The number of hydrogen-bond donors (Lipinski definition) is 1. The van der Waals surface area contributed by atoms with Gasteiger partial charge in [-0.1, -0.05) is 17.8 Å². The van der Waals surface area contributed by atoms with Crippen molar-refractivity contribution >= 4 is 44.9 Å². The van der Waals surface area contributed by atoms with Gasteiger partial charge in [-0.2, -0.15) is 0 Å². The summed E-state index contributed by atoms with van der Waals surface area (Å²) in [5.41, 5.74) is 1.37. The molecule has 3 rings (SSSR count). The molecule has 3 aromatic rings. The number of nitrogens with one attached hydrogen (secondary N) is 1. The highest BCUT2D eigenvalue weighted by Gasteiger charge is 2.14. The van der Waals surface area contributed by atoms with E-state index in [0.717, 1.165) is 11.8 Å². The summed E-state index contributed by atoms with van der Waals surface area (Å²) in [5, 5.41) is 4.92. The molecule has 1 amide bonds. The Kier molecular flexibility index (Phi) is 6.25. The van der Waals surface area contributed by atoms with Crippen molar-refractivity contribution in [2.75, 3.05) is 24.8 Å². The molecule has 0 bridgehead atoms. The van der Waals surface area contributed by atoms with E-state index in [1.54, 1.807) is 32.2 Å². The average Bonchev–Trinajstić information content (AvgIpc) is 3.11.